The molecule has 0 aliphatic carbocycles. The van der Waals surface area contributed by atoms with E-state index in [0.29, 0.717) is 13.0 Å². The summed E-state index contributed by atoms with van der Waals surface area (Å²) in [5.41, 5.74) is 1.12. The van der Waals surface area contributed by atoms with Gasteiger partial charge in [-0.2, -0.15) is 0 Å². The van der Waals surface area contributed by atoms with E-state index in [1.54, 1.807) is 14.2 Å². The van der Waals surface area contributed by atoms with E-state index < -0.39 is 0 Å². The minimum atomic E-state index is 0.125. The number of nitrogens with one attached hydrogen (secondary N) is 1. The fourth-order valence-electron chi connectivity index (χ4n) is 2.61. The van der Waals surface area contributed by atoms with E-state index in [2.05, 4.69) is 26.1 Å². The van der Waals surface area contributed by atoms with Crippen molar-refractivity contribution >= 4 is 29.4 Å². The van der Waals surface area contributed by atoms with Crippen molar-refractivity contribution in [3.8, 4) is 11.5 Å². The standard InChI is InChI=1S/C19H31NO3S2/c1-6-24-19(3,25-7-2)12-10-18(21)20-13-11-15-8-9-16(22-4)17(14-15)23-5/h8-9,14H,6-7,10-13H2,1-5H3,(H,20,21). The average molecular weight is 386 g/mol. The molecule has 0 aliphatic heterocycles. The normalized spacial score (nSPS) is 11.2. The first-order valence-electron chi connectivity index (χ1n) is 8.73. The molecule has 0 radical (unpaired) electrons. The molecule has 0 saturated carbocycles. The molecule has 142 valence electrons. The van der Waals surface area contributed by atoms with Crippen molar-refractivity contribution in [2.75, 3.05) is 32.3 Å². The van der Waals surface area contributed by atoms with Crippen molar-refractivity contribution in [2.45, 2.75) is 44.1 Å². The Morgan fingerprint density at radius 2 is 1.76 bits per heavy atom. The Kier molecular flexibility index (Phi) is 10.2. The molecule has 0 atom stereocenters. The fourth-order valence-corrected chi connectivity index (χ4v) is 5.36. The number of ether oxygens (including phenoxy) is 2. The molecule has 1 amide bonds. The van der Waals surface area contributed by atoms with Crippen molar-refractivity contribution in [1.29, 1.82) is 0 Å². The lowest BCUT2D eigenvalue weighted by molar-refractivity contribution is -0.121. The summed E-state index contributed by atoms with van der Waals surface area (Å²) < 4.78 is 10.7. The molecule has 0 heterocycles. The van der Waals surface area contributed by atoms with Crippen LogP contribution in [0.1, 0.15) is 39.2 Å². The van der Waals surface area contributed by atoms with Gasteiger partial charge >= 0.3 is 0 Å². The molecule has 6 heteroatoms. The summed E-state index contributed by atoms with van der Waals surface area (Å²) in [7, 11) is 3.25. The van der Waals surface area contributed by atoms with Gasteiger partial charge in [-0.25, -0.2) is 0 Å². The topological polar surface area (TPSA) is 47.6 Å². The first-order valence-corrected chi connectivity index (χ1v) is 10.7. The van der Waals surface area contributed by atoms with Crippen molar-refractivity contribution in [3.05, 3.63) is 23.8 Å². The highest BCUT2D eigenvalue weighted by Gasteiger charge is 2.24. The zero-order chi connectivity index (χ0) is 18.7. The number of hydrogen-bond donors (Lipinski definition) is 1. The number of methoxy groups -OCH3 is 2. The van der Waals surface area contributed by atoms with Gasteiger partial charge in [0.1, 0.15) is 0 Å². The van der Waals surface area contributed by atoms with Gasteiger partial charge in [0.2, 0.25) is 5.91 Å². The molecule has 0 aliphatic rings. The Bertz CT molecular complexity index is 531. The van der Waals surface area contributed by atoms with Gasteiger partial charge in [-0.15, -0.1) is 23.5 Å². The van der Waals surface area contributed by atoms with Crippen LogP contribution in [-0.4, -0.2) is 42.3 Å². The molecule has 1 rings (SSSR count). The Labute approximate surface area is 160 Å². The molecule has 4 nitrogen and oxygen atoms in total. The van der Waals surface area contributed by atoms with Crippen molar-refractivity contribution < 1.29 is 14.3 Å². The number of carbonyl (C=O) groups excluding carboxylic acids is 1. The second-order valence-electron chi connectivity index (χ2n) is 5.79. The van der Waals surface area contributed by atoms with E-state index in [0.717, 1.165) is 41.4 Å². The molecule has 1 aromatic rings. The molecule has 1 N–H and O–H groups in total. The average Bonchev–Trinajstić information content (AvgIpc) is 2.60. The molecule has 0 unspecified atom stereocenters. The Morgan fingerprint density at radius 3 is 2.32 bits per heavy atom. The van der Waals surface area contributed by atoms with Crippen LogP contribution in [0.15, 0.2) is 18.2 Å². The van der Waals surface area contributed by atoms with Gasteiger partial charge in [-0.1, -0.05) is 19.9 Å². The predicted molar refractivity (Wildman–Crippen MR) is 110 cm³/mol. The highest BCUT2D eigenvalue weighted by atomic mass is 32.2. The maximum absolute atomic E-state index is 12.1. The van der Waals surface area contributed by atoms with Gasteiger partial charge in [0.05, 0.1) is 18.3 Å². The smallest absolute Gasteiger partial charge is 0.220 e. The first kappa shape index (κ1) is 22.0. The minimum Gasteiger partial charge on any atom is -0.493 e. The third-order valence-corrected chi connectivity index (χ3v) is 6.80. The molecule has 0 saturated heterocycles. The second kappa shape index (κ2) is 11.6. The van der Waals surface area contributed by atoms with E-state index in [9.17, 15) is 4.79 Å². The van der Waals surface area contributed by atoms with Gasteiger partial charge in [-0.05, 0) is 49.0 Å². The maximum atomic E-state index is 12.1. The fraction of sp³-hybridized carbons (Fsp3) is 0.632. The van der Waals surface area contributed by atoms with Crippen LogP contribution in [-0.2, 0) is 11.2 Å². The molecule has 25 heavy (non-hydrogen) atoms. The molecular formula is C19H31NO3S2. The molecular weight excluding hydrogens is 354 g/mol. The lowest BCUT2D eigenvalue weighted by Crippen LogP contribution is -2.28. The maximum Gasteiger partial charge on any atom is 0.220 e. The SMILES string of the molecule is CCSC(C)(CCC(=O)NCCc1ccc(OC)c(OC)c1)SCC. The number of carbonyl (C=O) groups is 1. The summed E-state index contributed by atoms with van der Waals surface area (Å²) in [6.45, 7) is 7.21. The number of hydrogen-bond acceptors (Lipinski definition) is 5. The minimum absolute atomic E-state index is 0.125. The zero-order valence-corrected chi connectivity index (χ0v) is 17.6. The highest BCUT2D eigenvalue weighted by molar-refractivity contribution is 8.18. The lowest BCUT2D eigenvalue weighted by Gasteiger charge is -2.27. The van der Waals surface area contributed by atoms with E-state index >= 15 is 0 Å². The van der Waals surface area contributed by atoms with Crippen LogP contribution < -0.4 is 14.8 Å². The van der Waals surface area contributed by atoms with Gasteiger partial charge in [-0.3, -0.25) is 4.79 Å². The summed E-state index contributed by atoms with van der Waals surface area (Å²) in [5.74, 6) is 3.71. The van der Waals surface area contributed by atoms with Gasteiger partial charge in [0.15, 0.2) is 11.5 Å². The monoisotopic (exact) mass is 385 g/mol. The Balaban J connectivity index is 2.42. The number of amides is 1. The van der Waals surface area contributed by atoms with E-state index in [-0.39, 0.29) is 9.99 Å². The zero-order valence-electron chi connectivity index (χ0n) is 16.0. The van der Waals surface area contributed by atoms with Crippen molar-refractivity contribution in [2.24, 2.45) is 0 Å². The summed E-state index contributed by atoms with van der Waals surface area (Å²) >= 11 is 3.86. The van der Waals surface area contributed by atoms with Crippen LogP contribution in [0.4, 0.5) is 0 Å². The molecule has 0 spiro atoms. The number of benzene rings is 1. The summed E-state index contributed by atoms with van der Waals surface area (Å²) in [6.07, 6.45) is 2.24. The Morgan fingerprint density at radius 1 is 1.12 bits per heavy atom. The third kappa shape index (κ3) is 7.82. The van der Waals surface area contributed by atoms with Gasteiger partial charge in [0, 0.05) is 13.0 Å². The van der Waals surface area contributed by atoms with Crippen LogP contribution in [0.3, 0.4) is 0 Å². The third-order valence-electron chi connectivity index (χ3n) is 3.89. The molecule has 0 bridgehead atoms. The first-order chi connectivity index (χ1) is 12.0. The quantitative estimate of drug-likeness (QED) is 0.542. The van der Waals surface area contributed by atoms with E-state index in [1.165, 1.54) is 0 Å². The lowest BCUT2D eigenvalue weighted by atomic mass is 10.1. The number of thioether (sulfide) groups is 2. The van der Waals surface area contributed by atoms with E-state index in [4.69, 9.17) is 9.47 Å². The molecule has 1 aromatic carbocycles. The summed E-state index contributed by atoms with van der Waals surface area (Å²) in [4.78, 5) is 12.1. The van der Waals surface area contributed by atoms with Crippen LogP contribution in [0.2, 0.25) is 0 Å². The molecule has 0 aromatic heterocycles. The summed E-state index contributed by atoms with van der Waals surface area (Å²) in [6, 6.07) is 5.85. The highest BCUT2D eigenvalue weighted by Crippen LogP contribution is 2.40. The predicted octanol–water partition coefficient (Wildman–Crippen LogP) is 4.37. The van der Waals surface area contributed by atoms with Crippen LogP contribution in [0.25, 0.3) is 0 Å². The van der Waals surface area contributed by atoms with Crippen molar-refractivity contribution in [1.82, 2.24) is 5.32 Å². The van der Waals surface area contributed by atoms with Gasteiger partial charge in [0.25, 0.3) is 0 Å². The second-order valence-corrected chi connectivity index (χ2v) is 9.58. The van der Waals surface area contributed by atoms with Crippen LogP contribution in [0.5, 0.6) is 11.5 Å². The molecule has 0 fully saturated rings. The van der Waals surface area contributed by atoms with Crippen LogP contribution >= 0.6 is 23.5 Å². The van der Waals surface area contributed by atoms with Crippen LogP contribution in [0, 0.1) is 0 Å². The Hall–Kier alpha value is -1.01. The summed E-state index contributed by atoms with van der Waals surface area (Å²) in [5, 5.41) is 3.02. The van der Waals surface area contributed by atoms with Crippen molar-refractivity contribution in [3.63, 3.8) is 0 Å². The van der Waals surface area contributed by atoms with Gasteiger partial charge < -0.3 is 14.8 Å². The van der Waals surface area contributed by atoms with E-state index in [1.807, 2.05) is 41.7 Å². The number of rotatable bonds is 12. The largest absolute Gasteiger partial charge is 0.493 e.